The van der Waals surface area contributed by atoms with Gasteiger partial charge in [0.05, 0.1) is 0 Å². The lowest BCUT2D eigenvalue weighted by atomic mass is 9.42. The smallest absolute Gasteiger partial charge is 0.164 e. The van der Waals surface area contributed by atoms with Crippen LogP contribution in [0.25, 0.3) is 111 Å². The summed E-state index contributed by atoms with van der Waals surface area (Å²) in [5.41, 5.74) is 17.5. The van der Waals surface area contributed by atoms with Crippen LogP contribution in [0, 0.1) is 23.7 Å². The summed E-state index contributed by atoms with van der Waals surface area (Å²) in [5, 5.41) is 5.82. The van der Waals surface area contributed by atoms with Crippen LogP contribution in [0.5, 0.6) is 0 Å². The van der Waals surface area contributed by atoms with Gasteiger partial charge in [-0.25, -0.2) is 15.0 Å². The molecule has 12 aromatic rings. The molecule has 4 saturated carbocycles. The summed E-state index contributed by atoms with van der Waals surface area (Å²) in [6.07, 6.45) is 6.52. The Morgan fingerprint density at radius 2 is 0.573 bits per heavy atom. The van der Waals surface area contributed by atoms with E-state index in [0.29, 0.717) is 29.3 Å². The summed E-state index contributed by atoms with van der Waals surface area (Å²) in [6, 6.07) is 92.5. The Morgan fingerprint density at radius 3 is 0.902 bits per heavy atom. The molecule has 0 N–H and O–H groups in total. The van der Waals surface area contributed by atoms with Crippen molar-refractivity contribution < 1.29 is 4.57 Å². The van der Waals surface area contributed by atoms with E-state index in [2.05, 4.69) is 255 Å². The molecular formula is C77H62N3OP. The molecule has 4 fully saturated rings. The van der Waals surface area contributed by atoms with Gasteiger partial charge in [0, 0.05) is 27.4 Å². The zero-order valence-electron chi connectivity index (χ0n) is 46.3. The molecule has 1 heterocycles. The second-order valence-corrected chi connectivity index (χ2v) is 27.1. The minimum atomic E-state index is -2.39. The van der Waals surface area contributed by atoms with Crippen LogP contribution >= 0.6 is 7.14 Å². The molecule has 0 atom stereocenters. The van der Waals surface area contributed by atoms with Crippen molar-refractivity contribution >= 4 is 34.0 Å². The van der Waals surface area contributed by atoms with Gasteiger partial charge in [0.1, 0.15) is 7.14 Å². The first-order valence-electron chi connectivity index (χ1n) is 29.2. The summed E-state index contributed by atoms with van der Waals surface area (Å²) >= 11 is 0. The Bertz CT molecular complexity index is 4300. The van der Waals surface area contributed by atoms with Gasteiger partial charge >= 0.3 is 0 Å². The van der Waals surface area contributed by atoms with E-state index >= 15 is 0 Å². The van der Waals surface area contributed by atoms with Gasteiger partial charge in [0.2, 0.25) is 0 Å². The minimum absolute atomic E-state index is 0.106. The van der Waals surface area contributed by atoms with Crippen LogP contribution in [0.2, 0.25) is 0 Å². The summed E-state index contributed by atoms with van der Waals surface area (Å²) in [4.78, 5) is 15.8. The maximum absolute atomic E-state index is 13.1. The fourth-order valence-corrected chi connectivity index (χ4v) is 16.0. The molecule has 4 aliphatic rings. The summed E-state index contributed by atoms with van der Waals surface area (Å²) in [5.74, 6) is 4.73. The van der Waals surface area contributed by atoms with Gasteiger partial charge in [-0.15, -0.1) is 0 Å². The molecule has 4 bridgehead atoms. The molecule has 4 nitrogen and oxygen atoms in total. The number of rotatable bonds is 11. The highest BCUT2D eigenvalue weighted by Crippen LogP contribution is 2.65. The topological polar surface area (TPSA) is 55.7 Å². The molecule has 82 heavy (non-hydrogen) atoms. The van der Waals surface area contributed by atoms with Gasteiger partial charge in [-0.2, -0.15) is 0 Å². The van der Waals surface area contributed by atoms with Crippen molar-refractivity contribution in [2.75, 3.05) is 13.3 Å². The Morgan fingerprint density at radius 1 is 0.305 bits per heavy atom. The van der Waals surface area contributed by atoms with Gasteiger partial charge in [-0.1, -0.05) is 255 Å². The van der Waals surface area contributed by atoms with E-state index < -0.39 is 7.14 Å². The van der Waals surface area contributed by atoms with E-state index in [1.165, 1.54) is 98.2 Å². The van der Waals surface area contributed by atoms with E-state index in [0.717, 1.165) is 56.1 Å². The van der Waals surface area contributed by atoms with Crippen molar-refractivity contribution in [1.82, 2.24) is 15.0 Å². The van der Waals surface area contributed by atoms with Crippen LogP contribution in [-0.2, 0) is 9.98 Å². The average molecular weight is 1080 g/mol. The molecule has 0 spiro atoms. The summed E-state index contributed by atoms with van der Waals surface area (Å²) < 4.78 is 13.1. The first kappa shape index (κ1) is 50.2. The maximum Gasteiger partial charge on any atom is 0.164 e. The van der Waals surface area contributed by atoms with E-state index in [1.54, 1.807) is 0 Å². The van der Waals surface area contributed by atoms with Crippen LogP contribution < -0.4 is 5.30 Å². The van der Waals surface area contributed by atoms with Crippen LogP contribution in [0.15, 0.2) is 255 Å². The molecule has 4 aliphatic carbocycles. The lowest BCUT2D eigenvalue weighted by molar-refractivity contribution is -0.0418. The fourth-order valence-electron chi connectivity index (χ4n) is 15.1. The van der Waals surface area contributed by atoms with Crippen molar-refractivity contribution in [1.29, 1.82) is 0 Å². The Hall–Kier alpha value is -8.82. The largest absolute Gasteiger partial charge is 0.319 e. The van der Waals surface area contributed by atoms with Gasteiger partial charge in [0.25, 0.3) is 0 Å². The van der Waals surface area contributed by atoms with Gasteiger partial charge in [-0.05, 0) is 157 Å². The number of nitrogens with zero attached hydrogens (tertiary/aromatic N) is 3. The lowest BCUT2D eigenvalue weighted by Crippen LogP contribution is -2.56. The highest BCUT2D eigenvalue weighted by Gasteiger charge is 2.58. The normalized spacial score (nSPS) is 19.2. The lowest BCUT2D eigenvalue weighted by Gasteiger charge is -2.62. The zero-order valence-corrected chi connectivity index (χ0v) is 47.2. The monoisotopic (exact) mass is 1080 g/mol. The third-order valence-electron chi connectivity index (χ3n) is 18.8. The number of hydrogen-bond donors (Lipinski definition) is 0. The quantitative estimate of drug-likeness (QED) is 0.0957. The molecule has 1 aromatic heterocycles. The molecule has 0 unspecified atom stereocenters. The second-order valence-electron chi connectivity index (χ2n) is 23.8. The molecule has 396 valence electrons. The van der Waals surface area contributed by atoms with Crippen LogP contribution in [0.3, 0.4) is 0 Å². The number of fused-ring (bicyclic) bond motifs is 2. The van der Waals surface area contributed by atoms with Crippen molar-refractivity contribution in [2.24, 2.45) is 23.7 Å². The van der Waals surface area contributed by atoms with Gasteiger partial charge < -0.3 is 4.57 Å². The predicted molar refractivity (Wildman–Crippen MR) is 342 cm³/mol. The van der Waals surface area contributed by atoms with Crippen molar-refractivity contribution in [3.8, 4) is 89.8 Å². The summed E-state index contributed by atoms with van der Waals surface area (Å²) in [7, 11) is -2.39. The molecule has 0 aliphatic heterocycles. The van der Waals surface area contributed by atoms with Crippen LogP contribution in [0.4, 0.5) is 0 Å². The Labute approximate surface area is 481 Å². The van der Waals surface area contributed by atoms with Gasteiger partial charge in [-0.3, -0.25) is 0 Å². The Kier molecular flexibility index (Phi) is 12.4. The summed E-state index contributed by atoms with van der Waals surface area (Å²) in [6.45, 7) is 3.69. The highest BCUT2D eigenvalue weighted by atomic mass is 31.2. The molecule has 0 saturated heterocycles. The molecule has 11 aromatic carbocycles. The first-order valence-corrected chi connectivity index (χ1v) is 31.8. The zero-order chi connectivity index (χ0) is 54.9. The van der Waals surface area contributed by atoms with Crippen LogP contribution in [0.1, 0.15) is 43.2 Å². The standard InChI is InChI=1S/C77H62N3OP/c1-82(2,81)67-43-37-59(38-44-67)73-70-19-11-9-17-68(70)72(69-18-10-12-20-71(69)73)58-33-39-63(40-34-58)77(65-46-50-45-51(48-65)49-66(77)47-50)64-41-35-62(36-42-64)76-79-74(60-29-25-55(26-30-60)53-15-7-4-8-16-53)78-75(80-76)61-31-27-57(28-32-61)56-23-21-54(22-24-56)52-13-5-3-6-14-52/h3-44,50-51,65-66H,45-49H2,1-2H3. The molecule has 16 rings (SSSR count). The predicted octanol–water partition coefficient (Wildman–Crippen LogP) is 19.5. The molecule has 0 radical (unpaired) electrons. The third kappa shape index (κ3) is 8.84. The fraction of sp³-hybridized carbons (Fsp3) is 0.156. The van der Waals surface area contributed by atoms with E-state index in [4.69, 9.17) is 15.0 Å². The highest BCUT2D eigenvalue weighted by molar-refractivity contribution is 7.70. The Balaban J connectivity index is 0.803. The van der Waals surface area contributed by atoms with Crippen molar-refractivity contribution in [2.45, 2.75) is 37.5 Å². The van der Waals surface area contributed by atoms with Gasteiger partial charge in [0.15, 0.2) is 17.5 Å². The van der Waals surface area contributed by atoms with Crippen molar-refractivity contribution in [3.05, 3.63) is 266 Å². The van der Waals surface area contributed by atoms with Crippen molar-refractivity contribution in [3.63, 3.8) is 0 Å². The van der Waals surface area contributed by atoms with E-state index in [1.807, 2.05) is 13.3 Å². The third-order valence-corrected chi connectivity index (χ3v) is 20.3. The van der Waals surface area contributed by atoms with E-state index in [-0.39, 0.29) is 5.41 Å². The number of benzene rings is 11. The molecule has 5 heteroatoms. The number of aromatic nitrogens is 3. The molecule has 0 amide bonds. The number of hydrogen-bond acceptors (Lipinski definition) is 4. The van der Waals surface area contributed by atoms with E-state index in [9.17, 15) is 4.57 Å². The van der Waals surface area contributed by atoms with Crippen LogP contribution in [-0.4, -0.2) is 28.3 Å². The molecular weight excluding hydrogens is 1010 g/mol. The SMILES string of the molecule is CP(C)(=O)c1ccc(-c2c3ccccc3c(-c3ccc(C4(c5ccc(-c6nc(-c7ccc(-c8ccccc8)cc7)nc(-c7ccc(-c8ccc(-c9ccccc9)cc8)cc7)n6)cc5)C5CC6CC(C5)CC4C6)cc3)c3ccccc23)cc1. The second kappa shape index (κ2) is 20.3. The maximum atomic E-state index is 13.1. The first-order chi connectivity index (χ1) is 40.2. The minimum Gasteiger partial charge on any atom is -0.319 e. The average Bonchev–Trinajstić information content (AvgIpc) is 3.47.